The number of hydrogen-bond donors (Lipinski definition) is 5. The lowest BCUT2D eigenvalue weighted by atomic mass is 10.2. The first kappa shape index (κ1) is 18.4. The van der Waals surface area contributed by atoms with Crippen molar-refractivity contribution in [2.75, 3.05) is 29.2 Å². The fourth-order valence-corrected chi connectivity index (χ4v) is 1.75. The summed E-state index contributed by atoms with van der Waals surface area (Å²) in [6, 6.07) is -0.0355. The van der Waals surface area contributed by atoms with Crippen LogP contribution in [0.1, 0.15) is 40.5 Å². The zero-order chi connectivity index (χ0) is 16.5. The summed E-state index contributed by atoms with van der Waals surface area (Å²) in [7, 11) is 0. The SMILES string of the molecule is CC[C@H](CO)Nc1nc(NC(C)C)nc(N[C@@H](CC)CO)n1. The molecular formula is C14H28N6O2. The highest BCUT2D eigenvalue weighted by molar-refractivity contribution is 5.43. The Morgan fingerprint density at radius 3 is 1.41 bits per heavy atom. The molecule has 0 spiro atoms. The van der Waals surface area contributed by atoms with Crippen LogP contribution in [0.2, 0.25) is 0 Å². The van der Waals surface area contributed by atoms with E-state index in [2.05, 4.69) is 30.9 Å². The van der Waals surface area contributed by atoms with E-state index < -0.39 is 0 Å². The van der Waals surface area contributed by atoms with Crippen LogP contribution in [0.4, 0.5) is 17.8 Å². The maximum absolute atomic E-state index is 9.29. The lowest BCUT2D eigenvalue weighted by Crippen LogP contribution is -2.27. The number of nitrogens with zero attached hydrogens (tertiary/aromatic N) is 3. The van der Waals surface area contributed by atoms with Crippen LogP contribution in [0.3, 0.4) is 0 Å². The molecule has 1 rings (SSSR count). The number of aromatic nitrogens is 3. The first-order chi connectivity index (χ1) is 10.5. The van der Waals surface area contributed by atoms with Crippen LogP contribution in [0.15, 0.2) is 0 Å². The Balaban J connectivity index is 2.98. The van der Waals surface area contributed by atoms with Crippen molar-refractivity contribution >= 4 is 17.8 Å². The third-order valence-corrected chi connectivity index (χ3v) is 3.15. The number of nitrogens with one attached hydrogen (secondary N) is 3. The summed E-state index contributed by atoms with van der Waals surface area (Å²) in [5.41, 5.74) is 0. The zero-order valence-electron chi connectivity index (χ0n) is 13.8. The summed E-state index contributed by atoms with van der Waals surface area (Å²) in [4.78, 5) is 12.9. The fourth-order valence-electron chi connectivity index (χ4n) is 1.75. The molecule has 0 aliphatic carbocycles. The number of aliphatic hydroxyl groups excluding tert-OH is 2. The highest BCUT2D eigenvalue weighted by atomic mass is 16.3. The average molecular weight is 312 g/mol. The summed E-state index contributed by atoms with van der Waals surface area (Å²) >= 11 is 0. The molecule has 0 saturated heterocycles. The van der Waals surface area contributed by atoms with Crippen molar-refractivity contribution in [3.63, 3.8) is 0 Å². The quantitative estimate of drug-likeness (QED) is 0.435. The van der Waals surface area contributed by atoms with E-state index >= 15 is 0 Å². The highest BCUT2D eigenvalue weighted by Gasteiger charge is 2.13. The van der Waals surface area contributed by atoms with Gasteiger partial charge < -0.3 is 26.2 Å². The van der Waals surface area contributed by atoms with Gasteiger partial charge in [0.05, 0.1) is 25.3 Å². The first-order valence-electron chi connectivity index (χ1n) is 7.79. The first-order valence-corrected chi connectivity index (χ1v) is 7.79. The molecule has 0 amide bonds. The second-order valence-electron chi connectivity index (χ2n) is 5.47. The van der Waals surface area contributed by atoms with Gasteiger partial charge in [0.2, 0.25) is 17.8 Å². The Bertz CT molecular complexity index is 403. The van der Waals surface area contributed by atoms with Crippen LogP contribution < -0.4 is 16.0 Å². The highest BCUT2D eigenvalue weighted by Crippen LogP contribution is 2.13. The van der Waals surface area contributed by atoms with Gasteiger partial charge in [0.25, 0.3) is 0 Å². The lowest BCUT2D eigenvalue weighted by Gasteiger charge is -2.18. The summed E-state index contributed by atoms with van der Waals surface area (Å²) in [6.45, 7) is 7.95. The molecule has 1 aromatic heterocycles. The molecule has 5 N–H and O–H groups in total. The van der Waals surface area contributed by atoms with Crippen molar-refractivity contribution in [2.24, 2.45) is 0 Å². The van der Waals surface area contributed by atoms with E-state index in [1.807, 2.05) is 27.7 Å². The largest absolute Gasteiger partial charge is 0.394 e. The molecule has 1 heterocycles. The van der Waals surface area contributed by atoms with E-state index in [0.29, 0.717) is 17.8 Å². The smallest absolute Gasteiger partial charge is 0.229 e. The Morgan fingerprint density at radius 1 is 0.773 bits per heavy atom. The van der Waals surface area contributed by atoms with E-state index in [1.165, 1.54) is 0 Å². The standard InChI is InChI=1S/C14H28N6O2/c1-5-10(7-21)16-13-18-12(15-9(3)4)19-14(20-13)17-11(6-2)8-22/h9-11,21-22H,5-8H2,1-4H3,(H3,15,16,17,18,19,20)/t10-,11+. The van der Waals surface area contributed by atoms with E-state index in [4.69, 9.17) is 0 Å². The van der Waals surface area contributed by atoms with E-state index in [0.717, 1.165) is 12.8 Å². The van der Waals surface area contributed by atoms with Crippen molar-refractivity contribution in [1.82, 2.24) is 15.0 Å². The molecule has 1 aromatic rings. The molecule has 0 aromatic carbocycles. The molecule has 8 heteroatoms. The predicted molar refractivity (Wildman–Crippen MR) is 88.2 cm³/mol. The van der Waals surface area contributed by atoms with Gasteiger partial charge in [-0.2, -0.15) is 15.0 Å². The summed E-state index contributed by atoms with van der Waals surface area (Å²) in [5.74, 6) is 1.25. The predicted octanol–water partition coefficient (Wildman–Crippen LogP) is 1.06. The third kappa shape index (κ3) is 5.98. The van der Waals surface area contributed by atoms with Crippen molar-refractivity contribution in [1.29, 1.82) is 0 Å². The minimum Gasteiger partial charge on any atom is -0.394 e. The van der Waals surface area contributed by atoms with Crippen molar-refractivity contribution in [3.8, 4) is 0 Å². The molecule has 0 unspecified atom stereocenters. The second kappa shape index (κ2) is 9.37. The molecule has 2 atom stereocenters. The van der Waals surface area contributed by atoms with Gasteiger partial charge in [-0.15, -0.1) is 0 Å². The van der Waals surface area contributed by atoms with Crippen molar-refractivity contribution in [3.05, 3.63) is 0 Å². The van der Waals surface area contributed by atoms with Gasteiger partial charge in [0.1, 0.15) is 0 Å². The Kier molecular flexibility index (Phi) is 7.83. The molecule has 0 bridgehead atoms. The van der Waals surface area contributed by atoms with Crippen LogP contribution in [0, 0.1) is 0 Å². The van der Waals surface area contributed by atoms with Gasteiger partial charge in [0.15, 0.2) is 0 Å². The molecule has 0 aliphatic rings. The minimum atomic E-state index is -0.109. The monoisotopic (exact) mass is 312 g/mol. The lowest BCUT2D eigenvalue weighted by molar-refractivity contribution is 0.271. The van der Waals surface area contributed by atoms with Gasteiger partial charge in [-0.25, -0.2) is 0 Å². The molecular weight excluding hydrogens is 284 g/mol. The third-order valence-electron chi connectivity index (χ3n) is 3.15. The fraction of sp³-hybridized carbons (Fsp3) is 0.786. The number of anilines is 3. The van der Waals surface area contributed by atoms with Crippen molar-refractivity contribution in [2.45, 2.75) is 58.7 Å². The van der Waals surface area contributed by atoms with E-state index in [9.17, 15) is 10.2 Å². The van der Waals surface area contributed by atoms with Gasteiger partial charge in [-0.05, 0) is 26.7 Å². The number of aliphatic hydroxyl groups is 2. The zero-order valence-corrected chi connectivity index (χ0v) is 13.8. The minimum absolute atomic E-state index is 0.00606. The molecule has 8 nitrogen and oxygen atoms in total. The topological polar surface area (TPSA) is 115 Å². The molecule has 126 valence electrons. The van der Waals surface area contributed by atoms with Crippen LogP contribution in [-0.4, -0.2) is 56.5 Å². The van der Waals surface area contributed by atoms with E-state index in [1.54, 1.807) is 0 Å². The Morgan fingerprint density at radius 2 is 1.14 bits per heavy atom. The maximum Gasteiger partial charge on any atom is 0.229 e. The summed E-state index contributed by atoms with van der Waals surface area (Å²) < 4.78 is 0. The maximum atomic E-state index is 9.29. The van der Waals surface area contributed by atoms with Crippen LogP contribution in [0.5, 0.6) is 0 Å². The Hall–Kier alpha value is -1.67. The van der Waals surface area contributed by atoms with Gasteiger partial charge >= 0.3 is 0 Å². The molecule has 22 heavy (non-hydrogen) atoms. The number of rotatable bonds is 10. The van der Waals surface area contributed by atoms with Crippen molar-refractivity contribution < 1.29 is 10.2 Å². The Labute approximate surface area is 131 Å². The molecule has 0 aliphatic heterocycles. The average Bonchev–Trinajstić information content (AvgIpc) is 2.49. The van der Waals surface area contributed by atoms with Gasteiger partial charge in [0, 0.05) is 6.04 Å². The van der Waals surface area contributed by atoms with Crippen LogP contribution in [-0.2, 0) is 0 Å². The van der Waals surface area contributed by atoms with Gasteiger partial charge in [-0.3, -0.25) is 0 Å². The molecule has 0 saturated carbocycles. The molecule has 0 fully saturated rings. The summed E-state index contributed by atoms with van der Waals surface area (Å²) in [6.07, 6.45) is 1.51. The second-order valence-corrected chi connectivity index (χ2v) is 5.47. The normalized spacial score (nSPS) is 13.8. The van der Waals surface area contributed by atoms with Gasteiger partial charge in [-0.1, -0.05) is 13.8 Å². The number of hydrogen-bond acceptors (Lipinski definition) is 8. The molecule has 0 radical (unpaired) electrons. The van der Waals surface area contributed by atoms with Crippen LogP contribution >= 0.6 is 0 Å². The van der Waals surface area contributed by atoms with E-state index in [-0.39, 0.29) is 31.3 Å². The summed E-state index contributed by atoms with van der Waals surface area (Å²) in [5, 5.41) is 27.9. The van der Waals surface area contributed by atoms with Crippen LogP contribution in [0.25, 0.3) is 0 Å².